The fraction of sp³-hybridized carbons (Fsp3) is 0.583. The van der Waals surface area contributed by atoms with Crippen LogP contribution >= 0.6 is 23.5 Å². The number of aryl methyl sites for hydroxylation is 1. The summed E-state index contributed by atoms with van der Waals surface area (Å²) in [5.74, 6) is -2.42. The summed E-state index contributed by atoms with van der Waals surface area (Å²) in [5.41, 5.74) is 0.334. The van der Waals surface area contributed by atoms with E-state index < -0.39 is 48.7 Å². The first kappa shape index (κ1) is 32.6. The van der Waals surface area contributed by atoms with Gasteiger partial charge in [-0.25, -0.2) is 9.48 Å². The van der Waals surface area contributed by atoms with E-state index in [0.29, 0.717) is 10.7 Å². The van der Waals surface area contributed by atoms with E-state index in [1.165, 1.54) is 28.9 Å². The Morgan fingerprint density at radius 1 is 1.24 bits per heavy atom. The second kappa shape index (κ2) is 13.0. The summed E-state index contributed by atoms with van der Waals surface area (Å²) >= 11 is 1.95. The van der Waals surface area contributed by atoms with Crippen molar-refractivity contribution >= 4 is 54.5 Å². The Balaban J connectivity index is 1.72. The Labute approximate surface area is 246 Å². The van der Waals surface area contributed by atoms with Gasteiger partial charge in [-0.3, -0.25) is 24.6 Å². The number of aliphatic hydroxyl groups is 1. The molecule has 2 aromatic rings. The molecular formula is C24H34N6O8S2Si. The van der Waals surface area contributed by atoms with Gasteiger partial charge in [0, 0.05) is 19.2 Å². The van der Waals surface area contributed by atoms with Gasteiger partial charge in [0.2, 0.25) is 22.4 Å². The average molecular weight is 627 g/mol. The Morgan fingerprint density at radius 2 is 1.88 bits per heavy atom. The number of esters is 1. The van der Waals surface area contributed by atoms with E-state index >= 15 is 0 Å². The van der Waals surface area contributed by atoms with Gasteiger partial charge >= 0.3 is 5.97 Å². The number of hydrogen-bond donors (Lipinski definition) is 1. The number of thioether (sulfide) groups is 2. The Morgan fingerprint density at radius 3 is 2.41 bits per heavy atom. The predicted molar refractivity (Wildman–Crippen MR) is 153 cm³/mol. The van der Waals surface area contributed by atoms with Gasteiger partial charge in [-0.05, 0) is 53.2 Å². The minimum absolute atomic E-state index is 0.0116. The summed E-state index contributed by atoms with van der Waals surface area (Å²) in [5, 5.41) is 31.9. The number of nitrogens with zero attached hydrogens (tertiary/aromatic N) is 6. The van der Waals surface area contributed by atoms with Crippen molar-refractivity contribution in [3.8, 4) is 0 Å². The number of benzene rings is 1. The van der Waals surface area contributed by atoms with Gasteiger partial charge < -0.3 is 14.3 Å². The molecule has 1 aliphatic rings. The van der Waals surface area contributed by atoms with E-state index in [2.05, 4.69) is 36.3 Å². The molecule has 14 nitrogen and oxygen atoms in total. The minimum atomic E-state index is -2.29. The van der Waals surface area contributed by atoms with Crippen LogP contribution < -0.4 is 0 Å². The standard InChI is InChI=1S/C24H34N6O8S2Si/c1-14(38-41(6,7)24(2,3)4)18-19(32)29(21(18)40-17(31)13-39-23-25-26-27-28(23)5)20(33)22(34)37-12-15-8-10-16(11-9-15)30(35)36/h8-11,14,18,20-21,33H,12-13H2,1-7H3/t14-,18+,20?,21+/m0/s1. The summed E-state index contributed by atoms with van der Waals surface area (Å²) in [6.07, 6.45) is -2.54. The number of non-ortho nitro benzene ring substituents is 1. The molecule has 1 aromatic carbocycles. The number of carbonyl (C=O) groups excluding carboxylic acids is 3. The fourth-order valence-electron chi connectivity index (χ4n) is 3.74. The van der Waals surface area contributed by atoms with E-state index in [1.54, 1.807) is 14.0 Å². The number of aromatic nitrogens is 4. The third-order valence-electron chi connectivity index (χ3n) is 7.07. The number of hydrogen-bond acceptors (Lipinski definition) is 13. The molecule has 0 spiro atoms. The highest BCUT2D eigenvalue weighted by Gasteiger charge is 2.57. The van der Waals surface area contributed by atoms with Crippen LogP contribution in [0, 0.1) is 16.0 Å². The smallest absolute Gasteiger partial charge is 0.356 e. The summed E-state index contributed by atoms with van der Waals surface area (Å²) in [7, 11) is -0.653. The molecule has 0 radical (unpaired) electrons. The molecule has 1 saturated heterocycles. The first-order chi connectivity index (χ1) is 19.0. The van der Waals surface area contributed by atoms with E-state index in [9.17, 15) is 29.6 Å². The van der Waals surface area contributed by atoms with Crippen molar-refractivity contribution in [1.82, 2.24) is 25.1 Å². The number of amides is 1. The number of β-lactam (4-membered cyclic amide) rings is 1. The third kappa shape index (κ3) is 7.71. The minimum Gasteiger partial charge on any atom is -0.457 e. The number of nitro groups is 1. The van der Waals surface area contributed by atoms with Gasteiger partial charge in [0.05, 0.1) is 22.7 Å². The van der Waals surface area contributed by atoms with Crippen LogP contribution in [0.1, 0.15) is 33.3 Å². The lowest BCUT2D eigenvalue weighted by Crippen LogP contribution is -2.68. The molecule has 1 amide bonds. The quantitative estimate of drug-likeness (QED) is 0.0908. The van der Waals surface area contributed by atoms with Crippen molar-refractivity contribution in [2.45, 2.75) is 75.3 Å². The zero-order valence-electron chi connectivity index (χ0n) is 23.8. The van der Waals surface area contributed by atoms with Crippen LogP contribution in [0.2, 0.25) is 18.1 Å². The molecule has 41 heavy (non-hydrogen) atoms. The van der Waals surface area contributed by atoms with Gasteiger partial charge in [0.25, 0.3) is 5.69 Å². The molecule has 1 aromatic heterocycles. The molecule has 0 aliphatic carbocycles. The lowest BCUT2D eigenvalue weighted by molar-refractivity contribution is -0.384. The van der Waals surface area contributed by atoms with E-state index in [-0.39, 0.29) is 28.2 Å². The van der Waals surface area contributed by atoms with Crippen molar-refractivity contribution < 1.29 is 33.6 Å². The maximum atomic E-state index is 13.3. The largest absolute Gasteiger partial charge is 0.457 e. The lowest BCUT2D eigenvalue weighted by Gasteiger charge is -2.51. The maximum Gasteiger partial charge on any atom is 0.356 e. The van der Waals surface area contributed by atoms with Gasteiger partial charge in [-0.15, -0.1) is 5.10 Å². The highest BCUT2D eigenvalue weighted by atomic mass is 32.2. The van der Waals surface area contributed by atoms with Gasteiger partial charge in [-0.1, -0.05) is 44.3 Å². The molecule has 4 atom stereocenters. The van der Waals surface area contributed by atoms with Crippen LogP contribution in [-0.2, 0) is 37.2 Å². The van der Waals surface area contributed by atoms with E-state index in [1.807, 2.05) is 13.1 Å². The monoisotopic (exact) mass is 626 g/mol. The van der Waals surface area contributed by atoms with Gasteiger partial charge in [0.1, 0.15) is 12.0 Å². The normalized spacial score (nSPS) is 18.9. The molecule has 224 valence electrons. The predicted octanol–water partition coefficient (Wildman–Crippen LogP) is 2.73. The maximum absolute atomic E-state index is 13.3. The highest BCUT2D eigenvalue weighted by molar-refractivity contribution is 8.16. The molecule has 2 heterocycles. The Bertz CT molecular complexity index is 1290. The first-order valence-electron chi connectivity index (χ1n) is 12.7. The van der Waals surface area contributed by atoms with Crippen molar-refractivity contribution in [3.05, 3.63) is 39.9 Å². The van der Waals surface area contributed by atoms with Gasteiger partial charge in [0.15, 0.2) is 8.32 Å². The molecular weight excluding hydrogens is 593 g/mol. The molecule has 1 unspecified atom stereocenters. The van der Waals surface area contributed by atoms with Crippen LogP contribution in [0.25, 0.3) is 0 Å². The number of ether oxygens (including phenoxy) is 1. The van der Waals surface area contributed by atoms with Crippen molar-refractivity contribution in [1.29, 1.82) is 0 Å². The lowest BCUT2D eigenvalue weighted by atomic mass is 9.92. The van der Waals surface area contributed by atoms with Crippen LogP contribution in [0.5, 0.6) is 0 Å². The Kier molecular flexibility index (Phi) is 10.3. The highest BCUT2D eigenvalue weighted by Crippen LogP contribution is 2.44. The van der Waals surface area contributed by atoms with Gasteiger partial charge in [-0.2, -0.15) is 0 Å². The fourth-order valence-corrected chi connectivity index (χ4v) is 7.27. The zero-order chi connectivity index (χ0) is 30.7. The summed E-state index contributed by atoms with van der Waals surface area (Å²) in [6, 6.07) is 5.37. The molecule has 1 fully saturated rings. The SMILES string of the molecule is C[C@H](O[Si](C)(C)C(C)(C)C)[C@@H]1C(=O)N(C(O)C(=O)OCc2ccc([N+](=O)[O-])cc2)[C@@H]1SC(=O)CSc1nnnn1C. The van der Waals surface area contributed by atoms with Crippen LogP contribution in [0.15, 0.2) is 29.4 Å². The third-order valence-corrected chi connectivity index (χ3v) is 14.0. The van der Waals surface area contributed by atoms with Crippen LogP contribution in [0.3, 0.4) is 0 Å². The number of rotatable bonds is 12. The summed E-state index contributed by atoms with van der Waals surface area (Å²) in [4.78, 5) is 50.2. The molecule has 3 rings (SSSR count). The number of carbonyl (C=O) groups is 3. The summed E-state index contributed by atoms with van der Waals surface area (Å²) in [6.45, 7) is 11.8. The number of aliphatic hydroxyl groups excluding tert-OH is 1. The second-order valence-corrected chi connectivity index (χ2v) is 17.9. The molecule has 0 bridgehead atoms. The molecule has 1 aliphatic heterocycles. The Hall–Kier alpha value is -2.86. The molecule has 0 saturated carbocycles. The first-order valence-corrected chi connectivity index (χ1v) is 17.4. The van der Waals surface area contributed by atoms with Crippen LogP contribution in [-0.4, -0.2) is 83.9 Å². The van der Waals surface area contributed by atoms with Crippen molar-refractivity contribution in [2.24, 2.45) is 13.0 Å². The van der Waals surface area contributed by atoms with Crippen molar-refractivity contribution in [2.75, 3.05) is 5.75 Å². The van der Waals surface area contributed by atoms with E-state index in [0.717, 1.165) is 28.4 Å². The number of nitro benzene ring substituents is 1. The molecule has 17 heteroatoms. The van der Waals surface area contributed by atoms with Crippen LogP contribution in [0.4, 0.5) is 5.69 Å². The second-order valence-electron chi connectivity index (χ2n) is 11.0. The summed E-state index contributed by atoms with van der Waals surface area (Å²) < 4.78 is 13.0. The topological polar surface area (TPSA) is 180 Å². The zero-order valence-corrected chi connectivity index (χ0v) is 26.5. The number of likely N-dealkylation sites (tertiary alicyclic amines) is 1. The van der Waals surface area contributed by atoms with E-state index in [4.69, 9.17) is 9.16 Å². The average Bonchev–Trinajstić information content (AvgIpc) is 3.29. The van der Waals surface area contributed by atoms with Crippen molar-refractivity contribution in [3.63, 3.8) is 0 Å². The molecule has 1 N–H and O–H groups in total. The number of tetrazole rings is 1.